The van der Waals surface area contributed by atoms with Gasteiger partial charge in [0.1, 0.15) is 0 Å². The predicted molar refractivity (Wildman–Crippen MR) is 67.7 cm³/mol. The number of aromatic nitrogens is 2. The molecule has 2 rings (SSSR count). The summed E-state index contributed by atoms with van der Waals surface area (Å²) in [7, 11) is 2.00. The summed E-state index contributed by atoms with van der Waals surface area (Å²) in [5.74, 6) is 0.596. The number of rotatable bonds is 4. The Balaban J connectivity index is 2.07. The molecule has 0 aliphatic carbocycles. The van der Waals surface area contributed by atoms with Crippen LogP contribution in [0.5, 0.6) is 0 Å². The van der Waals surface area contributed by atoms with Gasteiger partial charge in [-0.25, -0.2) is 0 Å². The molecule has 0 radical (unpaired) electrons. The molecule has 2 atom stereocenters. The van der Waals surface area contributed by atoms with Crippen molar-refractivity contribution in [3.05, 3.63) is 17.5 Å². The van der Waals surface area contributed by atoms with Gasteiger partial charge in [0.05, 0.1) is 18.0 Å². The zero-order chi connectivity index (χ0) is 12.4. The summed E-state index contributed by atoms with van der Waals surface area (Å²) in [6, 6.07) is 2.49. The van der Waals surface area contributed by atoms with E-state index in [4.69, 9.17) is 0 Å². The molecule has 4 nitrogen and oxygen atoms in total. The van der Waals surface area contributed by atoms with Crippen LogP contribution in [0.4, 0.5) is 0 Å². The zero-order valence-corrected chi connectivity index (χ0v) is 11.1. The summed E-state index contributed by atoms with van der Waals surface area (Å²) in [4.78, 5) is 2.38. The lowest BCUT2D eigenvalue weighted by Crippen LogP contribution is -2.35. The smallest absolute Gasteiger partial charge is 0.0625 e. The van der Waals surface area contributed by atoms with E-state index in [1.165, 1.54) is 12.1 Å². The standard InChI is InChI=1S/C13H23N3O/c1-4-11-7-12(15(3)14-11)8-16-6-5-10(2)13(16)9-17/h7,10,13,17H,4-6,8-9H2,1-3H3. The molecule has 1 aromatic heterocycles. The molecule has 0 saturated carbocycles. The molecular weight excluding hydrogens is 214 g/mol. The number of likely N-dealkylation sites (tertiary alicyclic amines) is 1. The van der Waals surface area contributed by atoms with Crippen LogP contribution in [0.3, 0.4) is 0 Å². The van der Waals surface area contributed by atoms with Gasteiger partial charge < -0.3 is 5.11 Å². The van der Waals surface area contributed by atoms with Crippen molar-refractivity contribution >= 4 is 0 Å². The normalized spacial score (nSPS) is 25.6. The quantitative estimate of drug-likeness (QED) is 0.855. The van der Waals surface area contributed by atoms with Gasteiger partial charge in [0.15, 0.2) is 0 Å². The van der Waals surface area contributed by atoms with Gasteiger partial charge in [0, 0.05) is 19.6 Å². The molecule has 4 heteroatoms. The van der Waals surface area contributed by atoms with Gasteiger partial charge in [-0.2, -0.15) is 5.10 Å². The SMILES string of the molecule is CCc1cc(CN2CCC(C)C2CO)n(C)n1. The van der Waals surface area contributed by atoms with Crippen molar-refractivity contribution in [2.24, 2.45) is 13.0 Å². The van der Waals surface area contributed by atoms with Crippen molar-refractivity contribution in [2.75, 3.05) is 13.2 Å². The first-order valence-electron chi connectivity index (χ1n) is 6.52. The first kappa shape index (κ1) is 12.6. The highest BCUT2D eigenvalue weighted by Gasteiger charge is 2.30. The molecule has 0 spiro atoms. The van der Waals surface area contributed by atoms with E-state index in [0.29, 0.717) is 12.0 Å². The molecule has 1 fully saturated rings. The number of aryl methyl sites for hydroxylation is 2. The molecule has 1 saturated heterocycles. The first-order chi connectivity index (χ1) is 8.15. The molecule has 96 valence electrons. The van der Waals surface area contributed by atoms with E-state index in [-0.39, 0.29) is 6.61 Å². The monoisotopic (exact) mass is 237 g/mol. The van der Waals surface area contributed by atoms with Crippen LogP contribution < -0.4 is 0 Å². The summed E-state index contributed by atoms with van der Waals surface area (Å²) < 4.78 is 1.97. The van der Waals surface area contributed by atoms with Crippen molar-refractivity contribution < 1.29 is 5.11 Å². The van der Waals surface area contributed by atoms with Crippen LogP contribution in [0.2, 0.25) is 0 Å². The van der Waals surface area contributed by atoms with Crippen LogP contribution in [0.25, 0.3) is 0 Å². The van der Waals surface area contributed by atoms with Gasteiger partial charge in [-0.3, -0.25) is 9.58 Å². The van der Waals surface area contributed by atoms with Gasteiger partial charge in [-0.05, 0) is 31.4 Å². The maximum Gasteiger partial charge on any atom is 0.0625 e. The van der Waals surface area contributed by atoms with E-state index < -0.39 is 0 Å². The number of aliphatic hydroxyl groups is 1. The Hall–Kier alpha value is -0.870. The molecule has 0 bridgehead atoms. The zero-order valence-electron chi connectivity index (χ0n) is 11.1. The fourth-order valence-electron chi connectivity index (χ4n) is 2.68. The molecule has 2 heterocycles. The molecule has 17 heavy (non-hydrogen) atoms. The fourth-order valence-corrected chi connectivity index (χ4v) is 2.68. The third-order valence-corrected chi connectivity index (χ3v) is 3.94. The fraction of sp³-hybridized carbons (Fsp3) is 0.769. The maximum absolute atomic E-state index is 9.44. The van der Waals surface area contributed by atoms with E-state index in [0.717, 1.165) is 25.2 Å². The average molecular weight is 237 g/mol. The summed E-state index contributed by atoms with van der Waals surface area (Å²) in [6.45, 7) is 6.60. The minimum atomic E-state index is 0.264. The van der Waals surface area contributed by atoms with Crippen molar-refractivity contribution in [3.63, 3.8) is 0 Å². The van der Waals surface area contributed by atoms with E-state index in [1.54, 1.807) is 0 Å². The van der Waals surface area contributed by atoms with Gasteiger partial charge in [-0.15, -0.1) is 0 Å². The maximum atomic E-state index is 9.44. The molecule has 1 aliphatic heterocycles. The van der Waals surface area contributed by atoms with Gasteiger partial charge in [0.25, 0.3) is 0 Å². The van der Waals surface area contributed by atoms with E-state index in [1.807, 2.05) is 11.7 Å². The highest BCUT2D eigenvalue weighted by molar-refractivity contribution is 5.10. The van der Waals surface area contributed by atoms with Crippen LogP contribution in [0.1, 0.15) is 31.7 Å². The highest BCUT2D eigenvalue weighted by Crippen LogP contribution is 2.25. The molecule has 0 amide bonds. The summed E-state index contributed by atoms with van der Waals surface area (Å²) >= 11 is 0. The number of hydrogen-bond acceptors (Lipinski definition) is 3. The van der Waals surface area contributed by atoms with E-state index >= 15 is 0 Å². The lowest BCUT2D eigenvalue weighted by Gasteiger charge is -2.24. The third kappa shape index (κ3) is 2.53. The summed E-state index contributed by atoms with van der Waals surface area (Å²) in [5, 5.41) is 13.9. The topological polar surface area (TPSA) is 41.3 Å². The predicted octanol–water partition coefficient (Wildman–Crippen LogP) is 1.19. The third-order valence-electron chi connectivity index (χ3n) is 3.94. The largest absolute Gasteiger partial charge is 0.395 e. The van der Waals surface area contributed by atoms with Crippen LogP contribution in [-0.4, -0.2) is 39.0 Å². The second-order valence-electron chi connectivity index (χ2n) is 5.09. The lowest BCUT2D eigenvalue weighted by molar-refractivity contribution is 0.132. The van der Waals surface area contributed by atoms with Crippen molar-refractivity contribution in [1.82, 2.24) is 14.7 Å². The Kier molecular flexibility index (Phi) is 3.84. The Morgan fingerprint density at radius 3 is 2.88 bits per heavy atom. The molecule has 0 aromatic carbocycles. The lowest BCUT2D eigenvalue weighted by atomic mass is 10.0. The van der Waals surface area contributed by atoms with Crippen LogP contribution in [-0.2, 0) is 20.0 Å². The number of nitrogens with zero attached hydrogens (tertiary/aromatic N) is 3. The van der Waals surface area contributed by atoms with Crippen molar-refractivity contribution in [2.45, 2.75) is 39.3 Å². The van der Waals surface area contributed by atoms with Crippen LogP contribution in [0.15, 0.2) is 6.07 Å². The minimum absolute atomic E-state index is 0.264. The molecule has 1 aromatic rings. The van der Waals surface area contributed by atoms with Crippen molar-refractivity contribution in [1.29, 1.82) is 0 Å². The Bertz CT molecular complexity index is 375. The minimum Gasteiger partial charge on any atom is -0.395 e. The van der Waals surface area contributed by atoms with Gasteiger partial charge in [0.2, 0.25) is 0 Å². The second kappa shape index (κ2) is 5.19. The Labute approximate surface area is 103 Å². The van der Waals surface area contributed by atoms with Gasteiger partial charge >= 0.3 is 0 Å². The summed E-state index contributed by atoms with van der Waals surface area (Å²) in [6.07, 6.45) is 2.16. The van der Waals surface area contributed by atoms with E-state index in [9.17, 15) is 5.11 Å². The van der Waals surface area contributed by atoms with Crippen molar-refractivity contribution in [3.8, 4) is 0 Å². The van der Waals surface area contributed by atoms with Gasteiger partial charge in [-0.1, -0.05) is 13.8 Å². The molecular formula is C13H23N3O. The first-order valence-corrected chi connectivity index (χ1v) is 6.52. The molecule has 2 unspecified atom stereocenters. The average Bonchev–Trinajstić information content (AvgIpc) is 2.84. The van der Waals surface area contributed by atoms with Crippen LogP contribution >= 0.6 is 0 Å². The Morgan fingerprint density at radius 2 is 2.29 bits per heavy atom. The second-order valence-corrected chi connectivity index (χ2v) is 5.09. The molecule has 1 aliphatic rings. The number of aliphatic hydroxyl groups excluding tert-OH is 1. The van der Waals surface area contributed by atoms with E-state index in [2.05, 4.69) is 29.9 Å². The Morgan fingerprint density at radius 1 is 1.53 bits per heavy atom. The molecule has 1 N–H and O–H groups in total. The summed E-state index contributed by atoms with van der Waals surface area (Å²) in [5.41, 5.74) is 2.39. The highest BCUT2D eigenvalue weighted by atomic mass is 16.3. The number of hydrogen-bond donors (Lipinski definition) is 1. The van der Waals surface area contributed by atoms with Crippen LogP contribution in [0, 0.1) is 5.92 Å².